The molecule has 15 heavy (non-hydrogen) atoms. The molecule has 0 saturated heterocycles. The lowest BCUT2D eigenvalue weighted by molar-refractivity contribution is 0.351. The van der Waals surface area contributed by atoms with E-state index in [1.807, 2.05) is 0 Å². The maximum Gasteiger partial charge on any atom is 0.164 e. The summed E-state index contributed by atoms with van der Waals surface area (Å²) >= 11 is 0. The summed E-state index contributed by atoms with van der Waals surface area (Å²) in [4.78, 5) is 0. The van der Waals surface area contributed by atoms with Crippen molar-refractivity contribution in [2.75, 3.05) is 14.2 Å². The molecule has 1 aliphatic carbocycles. The molecule has 0 spiro atoms. The standard InChI is InChI=1S/C12H13FO2/c1-14-11-7-6-8-9(12(11)15-2)4-3-5-10(8)13/h5-7H,3-4H2,1-2H3. The van der Waals surface area contributed by atoms with E-state index in [2.05, 4.69) is 0 Å². The summed E-state index contributed by atoms with van der Waals surface area (Å²) in [6.45, 7) is 0. The lowest BCUT2D eigenvalue weighted by Gasteiger charge is -2.18. The SMILES string of the molecule is COc1ccc2c(c1OC)CCC=C2F. The van der Waals surface area contributed by atoms with Crippen LogP contribution >= 0.6 is 0 Å². The summed E-state index contributed by atoms with van der Waals surface area (Å²) in [6.07, 6.45) is 3.11. The van der Waals surface area contributed by atoms with Gasteiger partial charge in [0.2, 0.25) is 0 Å². The molecule has 1 aromatic rings. The number of hydrogen-bond acceptors (Lipinski definition) is 2. The Hall–Kier alpha value is -1.51. The molecule has 0 heterocycles. The number of ether oxygens (including phenoxy) is 2. The van der Waals surface area contributed by atoms with E-state index >= 15 is 0 Å². The van der Waals surface area contributed by atoms with Gasteiger partial charge in [0.1, 0.15) is 5.83 Å². The van der Waals surface area contributed by atoms with E-state index in [9.17, 15) is 4.39 Å². The van der Waals surface area contributed by atoms with Gasteiger partial charge in [-0.05, 0) is 31.1 Å². The molecule has 1 aromatic carbocycles. The van der Waals surface area contributed by atoms with Gasteiger partial charge in [-0.25, -0.2) is 4.39 Å². The summed E-state index contributed by atoms with van der Waals surface area (Å²) in [5.41, 5.74) is 1.52. The summed E-state index contributed by atoms with van der Waals surface area (Å²) in [7, 11) is 3.16. The molecular formula is C12H13FO2. The molecule has 0 saturated carbocycles. The van der Waals surface area contributed by atoms with Crippen LogP contribution in [-0.4, -0.2) is 14.2 Å². The van der Waals surface area contributed by atoms with Gasteiger partial charge in [-0.2, -0.15) is 0 Å². The number of allylic oxidation sites excluding steroid dienone is 1. The first-order valence-corrected chi connectivity index (χ1v) is 4.87. The van der Waals surface area contributed by atoms with Crippen molar-refractivity contribution in [3.8, 4) is 11.5 Å². The monoisotopic (exact) mass is 208 g/mol. The summed E-state index contributed by atoms with van der Waals surface area (Å²) in [5.74, 6) is 1.14. The number of hydrogen-bond donors (Lipinski definition) is 0. The molecule has 3 heteroatoms. The van der Waals surface area contributed by atoms with Crippen molar-refractivity contribution in [3.05, 3.63) is 29.3 Å². The van der Waals surface area contributed by atoms with Crippen molar-refractivity contribution in [1.29, 1.82) is 0 Å². The van der Waals surface area contributed by atoms with Crippen LogP contribution in [0.3, 0.4) is 0 Å². The molecule has 0 fully saturated rings. The van der Waals surface area contributed by atoms with Gasteiger partial charge in [0, 0.05) is 11.1 Å². The molecule has 0 aliphatic heterocycles. The quantitative estimate of drug-likeness (QED) is 0.743. The van der Waals surface area contributed by atoms with Crippen molar-refractivity contribution in [1.82, 2.24) is 0 Å². The second-order valence-electron chi connectivity index (χ2n) is 3.42. The Bertz CT molecular complexity index is 410. The fourth-order valence-electron chi connectivity index (χ4n) is 1.92. The molecule has 2 rings (SSSR count). The van der Waals surface area contributed by atoms with E-state index in [-0.39, 0.29) is 5.83 Å². The fourth-order valence-corrected chi connectivity index (χ4v) is 1.92. The maximum absolute atomic E-state index is 13.5. The van der Waals surface area contributed by atoms with Crippen LogP contribution in [0.15, 0.2) is 18.2 Å². The molecule has 0 radical (unpaired) electrons. The van der Waals surface area contributed by atoms with Crippen LogP contribution in [0, 0.1) is 0 Å². The summed E-state index contributed by atoms with van der Waals surface area (Å²) in [5, 5.41) is 0. The van der Waals surface area contributed by atoms with Crippen LogP contribution in [0.5, 0.6) is 11.5 Å². The Kier molecular flexibility index (Phi) is 2.62. The molecule has 0 unspecified atom stereocenters. The minimum Gasteiger partial charge on any atom is -0.493 e. The van der Waals surface area contributed by atoms with Crippen molar-refractivity contribution in [2.24, 2.45) is 0 Å². The third-order valence-corrected chi connectivity index (χ3v) is 2.62. The molecular weight excluding hydrogens is 195 g/mol. The second kappa shape index (κ2) is 3.93. The van der Waals surface area contributed by atoms with Crippen LogP contribution in [0.4, 0.5) is 4.39 Å². The van der Waals surface area contributed by atoms with Gasteiger partial charge < -0.3 is 9.47 Å². The second-order valence-corrected chi connectivity index (χ2v) is 3.42. The van der Waals surface area contributed by atoms with E-state index in [0.29, 0.717) is 23.5 Å². The molecule has 2 nitrogen and oxygen atoms in total. The topological polar surface area (TPSA) is 18.5 Å². The van der Waals surface area contributed by atoms with Crippen molar-refractivity contribution in [2.45, 2.75) is 12.8 Å². The fraction of sp³-hybridized carbons (Fsp3) is 0.333. The number of rotatable bonds is 2. The van der Waals surface area contributed by atoms with Crippen molar-refractivity contribution < 1.29 is 13.9 Å². The molecule has 1 aliphatic rings. The summed E-state index contributed by atoms with van der Waals surface area (Å²) < 4.78 is 23.9. The van der Waals surface area contributed by atoms with Crippen LogP contribution in [0.1, 0.15) is 17.5 Å². The highest BCUT2D eigenvalue weighted by atomic mass is 19.1. The van der Waals surface area contributed by atoms with Gasteiger partial charge >= 0.3 is 0 Å². The highest BCUT2D eigenvalue weighted by Gasteiger charge is 2.19. The number of methoxy groups -OCH3 is 2. The zero-order chi connectivity index (χ0) is 10.8. The average Bonchev–Trinajstić information content (AvgIpc) is 2.28. The average molecular weight is 208 g/mol. The highest BCUT2D eigenvalue weighted by molar-refractivity contribution is 5.69. The Morgan fingerprint density at radius 1 is 1.20 bits per heavy atom. The van der Waals surface area contributed by atoms with Crippen LogP contribution in [-0.2, 0) is 6.42 Å². The minimum absolute atomic E-state index is 0.169. The Labute approximate surface area is 88.3 Å². The van der Waals surface area contributed by atoms with E-state index < -0.39 is 0 Å². The summed E-state index contributed by atoms with van der Waals surface area (Å²) in [6, 6.07) is 3.47. The van der Waals surface area contributed by atoms with E-state index in [4.69, 9.17) is 9.47 Å². The predicted molar refractivity (Wildman–Crippen MR) is 57.0 cm³/mol. The maximum atomic E-state index is 13.5. The largest absolute Gasteiger partial charge is 0.493 e. The number of fused-ring (bicyclic) bond motifs is 1. The molecule has 0 amide bonds. The van der Waals surface area contributed by atoms with E-state index in [1.165, 1.54) is 0 Å². The third kappa shape index (κ3) is 1.58. The van der Waals surface area contributed by atoms with Crippen molar-refractivity contribution >= 4 is 5.83 Å². The molecule has 0 N–H and O–H groups in total. The lowest BCUT2D eigenvalue weighted by Crippen LogP contribution is -2.02. The van der Waals surface area contributed by atoms with E-state index in [1.54, 1.807) is 32.4 Å². The van der Waals surface area contributed by atoms with E-state index in [0.717, 1.165) is 12.0 Å². The molecule has 0 aromatic heterocycles. The first kappa shape index (κ1) is 10.0. The Morgan fingerprint density at radius 3 is 2.67 bits per heavy atom. The van der Waals surface area contributed by atoms with Gasteiger partial charge in [0.15, 0.2) is 11.5 Å². The van der Waals surface area contributed by atoms with Gasteiger partial charge in [-0.15, -0.1) is 0 Å². The van der Waals surface area contributed by atoms with Crippen LogP contribution < -0.4 is 9.47 Å². The van der Waals surface area contributed by atoms with Crippen molar-refractivity contribution in [3.63, 3.8) is 0 Å². The van der Waals surface area contributed by atoms with Gasteiger partial charge in [-0.1, -0.05) is 0 Å². The lowest BCUT2D eigenvalue weighted by atomic mass is 9.95. The molecule has 0 bridgehead atoms. The number of benzene rings is 1. The third-order valence-electron chi connectivity index (χ3n) is 2.62. The van der Waals surface area contributed by atoms with Gasteiger partial charge in [0.05, 0.1) is 14.2 Å². The smallest absolute Gasteiger partial charge is 0.164 e. The predicted octanol–water partition coefficient (Wildman–Crippen LogP) is 2.96. The van der Waals surface area contributed by atoms with Crippen LogP contribution in [0.25, 0.3) is 5.83 Å². The highest BCUT2D eigenvalue weighted by Crippen LogP contribution is 2.39. The van der Waals surface area contributed by atoms with Gasteiger partial charge in [-0.3, -0.25) is 0 Å². The Morgan fingerprint density at radius 2 is 2.00 bits per heavy atom. The zero-order valence-electron chi connectivity index (χ0n) is 8.84. The molecule has 80 valence electrons. The molecule has 0 atom stereocenters. The normalized spacial score (nSPS) is 14.2. The first-order valence-electron chi connectivity index (χ1n) is 4.87. The minimum atomic E-state index is -0.169. The first-order chi connectivity index (χ1) is 7.27. The van der Waals surface area contributed by atoms with Gasteiger partial charge in [0.25, 0.3) is 0 Å². The zero-order valence-corrected chi connectivity index (χ0v) is 8.84. The number of halogens is 1. The Balaban J connectivity index is 2.60. The van der Waals surface area contributed by atoms with Crippen LogP contribution in [0.2, 0.25) is 0 Å².